The van der Waals surface area contributed by atoms with E-state index in [1.165, 1.54) is 0 Å². The lowest BCUT2D eigenvalue weighted by atomic mass is 9.99. The molecule has 3 aromatic rings. The summed E-state index contributed by atoms with van der Waals surface area (Å²) in [5.41, 5.74) is 8.88. The highest BCUT2D eigenvalue weighted by Crippen LogP contribution is 2.31. The Morgan fingerprint density at radius 3 is 2.77 bits per heavy atom. The van der Waals surface area contributed by atoms with E-state index in [0.29, 0.717) is 5.69 Å². The molecule has 6 heteroatoms. The Bertz CT molecular complexity index is 886. The molecule has 0 spiro atoms. The molecule has 110 valence electrons. The molecule has 0 unspecified atom stereocenters. The van der Waals surface area contributed by atoms with Crippen LogP contribution in [0.1, 0.15) is 10.4 Å². The van der Waals surface area contributed by atoms with Crippen LogP contribution in [0.15, 0.2) is 48.7 Å². The van der Waals surface area contributed by atoms with E-state index in [2.05, 4.69) is 10.3 Å². The van der Waals surface area contributed by atoms with Crippen molar-refractivity contribution in [2.45, 2.75) is 0 Å². The van der Waals surface area contributed by atoms with Crippen molar-refractivity contribution in [2.75, 3.05) is 5.32 Å². The molecular weight excluding hydrogens is 298 g/mol. The Morgan fingerprint density at radius 2 is 2.05 bits per heavy atom. The summed E-state index contributed by atoms with van der Waals surface area (Å²) in [5.74, 6) is -1.04. The number of aromatic amines is 1. The van der Waals surface area contributed by atoms with Crippen molar-refractivity contribution in [3.05, 3.63) is 54.2 Å². The van der Waals surface area contributed by atoms with Crippen molar-refractivity contribution < 1.29 is 9.90 Å². The molecule has 0 aliphatic carbocycles. The molecule has 5 nitrogen and oxygen atoms in total. The third-order valence-electron chi connectivity index (χ3n) is 3.41. The molecule has 2 aromatic carbocycles. The summed E-state index contributed by atoms with van der Waals surface area (Å²) in [4.78, 5) is 14.4. The van der Waals surface area contributed by atoms with Crippen molar-refractivity contribution in [2.24, 2.45) is 5.73 Å². The van der Waals surface area contributed by atoms with Gasteiger partial charge in [-0.3, -0.25) is 0 Å². The molecule has 0 aliphatic heterocycles. The number of fused-ring (bicyclic) bond motifs is 1. The van der Waals surface area contributed by atoms with Crippen molar-refractivity contribution >= 4 is 39.9 Å². The van der Waals surface area contributed by atoms with Gasteiger partial charge in [-0.25, -0.2) is 4.79 Å². The summed E-state index contributed by atoms with van der Waals surface area (Å²) in [5, 5.41) is 13.1. The SMILES string of the molecule is NC(=S)Nc1cc(-c2cccc3[nH]ccc23)ccc1C(=O)O. The number of anilines is 1. The largest absolute Gasteiger partial charge is 0.478 e. The second-order valence-electron chi connectivity index (χ2n) is 4.80. The smallest absolute Gasteiger partial charge is 0.337 e. The van der Waals surface area contributed by atoms with Gasteiger partial charge >= 0.3 is 5.97 Å². The zero-order valence-electron chi connectivity index (χ0n) is 11.5. The van der Waals surface area contributed by atoms with E-state index >= 15 is 0 Å². The highest BCUT2D eigenvalue weighted by molar-refractivity contribution is 7.80. The van der Waals surface area contributed by atoms with Gasteiger partial charge in [0.2, 0.25) is 0 Å². The fourth-order valence-electron chi connectivity index (χ4n) is 2.47. The molecule has 1 heterocycles. The van der Waals surface area contributed by atoms with E-state index in [1.807, 2.05) is 30.5 Å². The van der Waals surface area contributed by atoms with Crippen LogP contribution in [-0.2, 0) is 0 Å². The molecule has 3 rings (SSSR count). The second-order valence-corrected chi connectivity index (χ2v) is 5.24. The highest BCUT2D eigenvalue weighted by Gasteiger charge is 2.13. The lowest BCUT2D eigenvalue weighted by Gasteiger charge is -2.11. The summed E-state index contributed by atoms with van der Waals surface area (Å²) in [7, 11) is 0. The van der Waals surface area contributed by atoms with Gasteiger partial charge in [-0.2, -0.15) is 0 Å². The van der Waals surface area contributed by atoms with Crippen molar-refractivity contribution in [3.63, 3.8) is 0 Å². The molecule has 1 aromatic heterocycles. The minimum Gasteiger partial charge on any atom is -0.478 e. The number of nitrogens with one attached hydrogen (secondary N) is 2. The Kier molecular flexibility index (Phi) is 3.52. The van der Waals surface area contributed by atoms with Crippen LogP contribution >= 0.6 is 12.2 Å². The fraction of sp³-hybridized carbons (Fsp3) is 0. The Morgan fingerprint density at radius 1 is 1.23 bits per heavy atom. The van der Waals surface area contributed by atoms with Gasteiger partial charge in [0.25, 0.3) is 0 Å². The number of aromatic carboxylic acids is 1. The summed E-state index contributed by atoms with van der Waals surface area (Å²) in [6.07, 6.45) is 1.87. The fourth-order valence-corrected chi connectivity index (χ4v) is 2.58. The maximum absolute atomic E-state index is 11.3. The minimum absolute atomic E-state index is 0.0273. The molecule has 5 N–H and O–H groups in total. The van der Waals surface area contributed by atoms with Crippen LogP contribution in [0.5, 0.6) is 0 Å². The first-order valence-corrected chi connectivity index (χ1v) is 6.97. The van der Waals surface area contributed by atoms with Crippen molar-refractivity contribution in [1.29, 1.82) is 0 Å². The van der Waals surface area contributed by atoms with Gasteiger partial charge < -0.3 is 21.1 Å². The van der Waals surface area contributed by atoms with Crippen LogP contribution in [0.25, 0.3) is 22.0 Å². The third-order valence-corrected chi connectivity index (χ3v) is 3.52. The van der Waals surface area contributed by atoms with E-state index in [1.54, 1.807) is 18.2 Å². The number of benzene rings is 2. The Hall–Kier alpha value is -2.86. The standard InChI is InChI=1S/C16H13N3O2S/c17-16(22)19-14-8-9(4-5-12(14)15(20)21)10-2-1-3-13-11(10)6-7-18-13/h1-8,18H,(H,20,21)(H3,17,19,22). The van der Waals surface area contributed by atoms with E-state index in [-0.39, 0.29) is 10.7 Å². The topological polar surface area (TPSA) is 91.1 Å². The monoisotopic (exact) mass is 311 g/mol. The maximum atomic E-state index is 11.3. The number of hydrogen-bond donors (Lipinski definition) is 4. The van der Waals surface area contributed by atoms with Crippen LogP contribution in [0.4, 0.5) is 5.69 Å². The minimum atomic E-state index is -1.04. The number of rotatable bonds is 3. The van der Waals surface area contributed by atoms with E-state index in [9.17, 15) is 9.90 Å². The second kappa shape index (κ2) is 5.50. The van der Waals surface area contributed by atoms with Crippen LogP contribution in [0.3, 0.4) is 0 Å². The van der Waals surface area contributed by atoms with Gasteiger partial charge in [-0.05, 0) is 47.6 Å². The number of carbonyl (C=O) groups is 1. The van der Waals surface area contributed by atoms with Gasteiger partial charge in [-0.1, -0.05) is 18.2 Å². The number of aromatic nitrogens is 1. The lowest BCUT2D eigenvalue weighted by Crippen LogP contribution is -2.20. The van der Waals surface area contributed by atoms with Gasteiger partial charge in [0.15, 0.2) is 5.11 Å². The van der Waals surface area contributed by atoms with Crippen LogP contribution in [-0.4, -0.2) is 21.2 Å². The summed E-state index contributed by atoms with van der Waals surface area (Å²) >= 11 is 4.82. The van der Waals surface area contributed by atoms with Gasteiger partial charge in [0.1, 0.15) is 0 Å². The summed E-state index contributed by atoms with van der Waals surface area (Å²) < 4.78 is 0. The molecule has 22 heavy (non-hydrogen) atoms. The van der Waals surface area contributed by atoms with Crippen LogP contribution in [0, 0.1) is 0 Å². The van der Waals surface area contributed by atoms with Crippen LogP contribution in [0.2, 0.25) is 0 Å². The quantitative estimate of drug-likeness (QED) is 0.558. The van der Waals surface area contributed by atoms with Crippen molar-refractivity contribution in [3.8, 4) is 11.1 Å². The Labute approximate surface area is 131 Å². The number of carboxylic acid groups (broad SMARTS) is 1. The molecular formula is C16H13N3O2S. The molecule has 0 aliphatic rings. The number of H-pyrrole nitrogens is 1. The number of nitrogens with two attached hydrogens (primary N) is 1. The summed E-state index contributed by atoms with van der Waals surface area (Å²) in [6.45, 7) is 0. The van der Waals surface area contributed by atoms with E-state index in [4.69, 9.17) is 18.0 Å². The van der Waals surface area contributed by atoms with Crippen molar-refractivity contribution in [1.82, 2.24) is 4.98 Å². The summed E-state index contributed by atoms with van der Waals surface area (Å²) in [6, 6.07) is 13.0. The number of hydrogen-bond acceptors (Lipinski definition) is 2. The molecule has 0 fully saturated rings. The first kappa shape index (κ1) is 14.1. The zero-order valence-corrected chi connectivity index (χ0v) is 12.3. The Balaban J connectivity index is 2.17. The highest BCUT2D eigenvalue weighted by atomic mass is 32.1. The molecule has 0 saturated heterocycles. The predicted molar refractivity (Wildman–Crippen MR) is 91.1 cm³/mol. The normalized spacial score (nSPS) is 10.5. The first-order chi connectivity index (χ1) is 10.6. The van der Waals surface area contributed by atoms with Gasteiger partial charge in [0.05, 0.1) is 11.3 Å². The molecule has 0 saturated carbocycles. The van der Waals surface area contributed by atoms with Gasteiger partial charge in [0, 0.05) is 17.1 Å². The molecule has 0 atom stereocenters. The zero-order chi connectivity index (χ0) is 15.7. The molecule has 0 amide bonds. The third kappa shape index (κ3) is 2.51. The first-order valence-electron chi connectivity index (χ1n) is 6.56. The average molecular weight is 311 g/mol. The average Bonchev–Trinajstić information content (AvgIpc) is 2.94. The van der Waals surface area contributed by atoms with Gasteiger partial charge in [-0.15, -0.1) is 0 Å². The van der Waals surface area contributed by atoms with Crippen LogP contribution < -0.4 is 11.1 Å². The lowest BCUT2D eigenvalue weighted by molar-refractivity contribution is 0.0698. The molecule has 0 bridgehead atoms. The number of carboxylic acids is 1. The van der Waals surface area contributed by atoms with E-state index < -0.39 is 5.97 Å². The molecule has 0 radical (unpaired) electrons. The van der Waals surface area contributed by atoms with E-state index in [0.717, 1.165) is 22.0 Å². The number of thiocarbonyl (C=S) groups is 1. The predicted octanol–water partition coefficient (Wildman–Crippen LogP) is 3.19. The maximum Gasteiger partial charge on any atom is 0.337 e.